The van der Waals surface area contributed by atoms with Crippen LogP contribution in [0.1, 0.15) is 12.5 Å². The summed E-state index contributed by atoms with van der Waals surface area (Å²) in [6.07, 6.45) is 10.3. The third-order valence-electron chi connectivity index (χ3n) is 2.65. The third-order valence-corrected chi connectivity index (χ3v) is 2.65. The van der Waals surface area contributed by atoms with Gasteiger partial charge in [0.25, 0.3) is 0 Å². The minimum atomic E-state index is 1.18. The lowest BCUT2D eigenvalue weighted by Gasteiger charge is -2.11. The maximum Gasteiger partial charge on any atom is 0.0361 e. The van der Waals surface area contributed by atoms with Crippen molar-refractivity contribution < 1.29 is 0 Å². The van der Waals surface area contributed by atoms with Crippen LogP contribution in [-0.2, 0) is 0 Å². The number of nitrogens with zero attached hydrogens (tertiary/aromatic N) is 1. The fraction of sp³-hybridized carbons (Fsp3) is 0.250. The van der Waals surface area contributed by atoms with E-state index in [4.69, 9.17) is 0 Å². The molecule has 0 heterocycles. The van der Waals surface area contributed by atoms with Gasteiger partial charge in [0, 0.05) is 26.8 Å². The molecule has 0 bridgehead atoms. The fourth-order valence-electron chi connectivity index (χ4n) is 1.50. The van der Waals surface area contributed by atoms with Crippen LogP contribution in [0.5, 0.6) is 0 Å². The average Bonchev–Trinajstić information content (AvgIpc) is 2.39. The van der Waals surface area contributed by atoms with E-state index >= 15 is 0 Å². The van der Waals surface area contributed by atoms with Gasteiger partial charge in [0.05, 0.1) is 0 Å². The van der Waals surface area contributed by atoms with Crippen molar-refractivity contribution >= 4 is 11.8 Å². The highest BCUT2D eigenvalue weighted by Gasteiger charge is 1.93. The van der Waals surface area contributed by atoms with Crippen LogP contribution in [0.2, 0.25) is 0 Å². The molecule has 0 aliphatic carbocycles. The molecule has 0 saturated heterocycles. The molecule has 0 aromatic heterocycles. The van der Waals surface area contributed by atoms with Gasteiger partial charge in [-0.3, -0.25) is 0 Å². The molecule has 0 aliphatic rings. The maximum atomic E-state index is 2.99. The first-order chi connectivity index (χ1) is 8.67. The van der Waals surface area contributed by atoms with E-state index in [0.29, 0.717) is 0 Å². The Morgan fingerprint density at radius 2 is 1.78 bits per heavy atom. The summed E-state index contributed by atoms with van der Waals surface area (Å²) < 4.78 is 0. The summed E-state index contributed by atoms with van der Waals surface area (Å²) in [6, 6.07) is 8.50. The summed E-state index contributed by atoms with van der Waals surface area (Å²) in [5.41, 5.74) is 3.60. The zero-order chi connectivity index (χ0) is 13.4. The molecule has 1 N–H and O–H groups in total. The molecule has 0 fully saturated rings. The van der Waals surface area contributed by atoms with Crippen LogP contribution in [0.15, 0.2) is 54.3 Å². The molecule has 18 heavy (non-hydrogen) atoms. The van der Waals surface area contributed by atoms with E-state index in [9.17, 15) is 0 Å². The van der Waals surface area contributed by atoms with Gasteiger partial charge in [-0.2, -0.15) is 0 Å². The largest absolute Gasteiger partial charge is 0.394 e. The molecular weight excluding hydrogens is 220 g/mol. The van der Waals surface area contributed by atoms with E-state index in [-0.39, 0.29) is 0 Å². The van der Waals surface area contributed by atoms with E-state index in [1.54, 1.807) is 0 Å². The quantitative estimate of drug-likeness (QED) is 0.796. The van der Waals surface area contributed by atoms with Gasteiger partial charge < -0.3 is 10.2 Å². The van der Waals surface area contributed by atoms with Crippen LogP contribution in [0.25, 0.3) is 6.08 Å². The zero-order valence-corrected chi connectivity index (χ0v) is 11.6. The highest BCUT2D eigenvalue weighted by Crippen LogP contribution is 2.14. The SMILES string of the molecule is C/C=C(\C=C/NC)/C=C/c1ccc(N(C)C)cc1. The second kappa shape index (κ2) is 7.38. The van der Waals surface area contributed by atoms with E-state index in [1.165, 1.54) is 16.8 Å². The molecule has 0 atom stereocenters. The zero-order valence-electron chi connectivity index (χ0n) is 11.6. The lowest BCUT2D eigenvalue weighted by molar-refractivity contribution is 1.10. The van der Waals surface area contributed by atoms with E-state index in [0.717, 1.165) is 0 Å². The van der Waals surface area contributed by atoms with Crippen molar-refractivity contribution in [2.24, 2.45) is 0 Å². The lowest BCUT2D eigenvalue weighted by Crippen LogP contribution is -2.07. The monoisotopic (exact) mass is 242 g/mol. The summed E-state index contributed by atoms with van der Waals surface area (Å²) in [5.74, 6) is 0. The van der Waals surface area contributed by atoms with Gasteiger partial charge >= 0.3 is 0 Å². The summed E-state index contributed by atoms with van der Waals surface area (Å²) >= 11 is 0. The normalized spacial score (nSPS) is 12.3. The Kier molecular flexibility index (Phi) is 5.78. The van der Waals surface area contributed by atoms with Crippen LogP contribution in [-0.4, -0.2) is 21.1 Å². The van der Waals surface area contributed by atoms with E-state index in [1.807, 2.05) is 40.3 Å². The van der Waals surface area contributed by atoms with Crippen LogP contribution >= 0.6 is 0 Å². The highest BCUT2D eigenvalue weighted by atomic mass is 15.1. The highest BCUT2D eigenvalue weighted by molar-refractivity contribution is 5.58. The summed E-state index contributed by atoms with van der Waals surface area (Å²) in [7, 11) is 5.99. The van der Waals surface area contributed by atoms with Crippen molar-refractivity contribution in [1.29, 1.82) is 0 Å². The van der Waals surface area contributed by atoms with E-state index < -0.39 is 0 Å². The number of hydrogen-bond acceptors (Lipinski definition) is 2. The average molecular weight is 242 g/mol. The molecule has 1 aromatic rings. The summed E-state index contributed by atoms with van der Waals surface area (Å²) in [4.78, 5) is 2.10. The van der Waals surface area contributed by atoms with Crippen LogP contribution < -0.4 is 10.2 Å². The molecular formula is C16H22N2. The van der Waals surface area contributed by atoms with E-state index in [2.05, 4.69) is 52.7 Å². The number of hydrogen-bond donors (Lipinski definition) is 1. The second-order valence-electron chi connectivity index (χ2n) is 4.23. The van der Waals surface area contributed by atoms with Crippen molar-refractivity contribution in [3.63, 3.8) is 0 Å². The minimum absolute atomic E-state index is 1.18. The summed E-state index contributed by atoms with van der Waals surface area (Å²) in [6.45, 7) is 2.04. The van der Waals surface area contributed by atoms with Gasteiger partial charge in [0.15, 0.2) is 0 Å². The van der Waals surface area contributed by atoms with Crippen molar-refractivity contribution in [2.75, 3.05) is 26.0 Å². The van der Waals surface area contributed by atoms with Gasteiger partial charge in [-0.25, -0.2) is 0 Å². The Labute approximate surface area is 110 Å². The standard InChI is InChI=1S/C16H22N2/c1-5-14(12-13-17-2)6-7-15-8-10-16(11-9-15)18(3)4/h5-13,17H,1-4H3/b7-6+,13-12-,14-5-. The second-order valence-corrected chi connectivity index (χ2v) is 4.23. The Morgan fingerprint density at radius 3 is 2.28 bits per heavy atom. The number of nitrogens with one attached hydrogen (secondary N) is 1. The number of benzene rings is 1. The predicted molar refractivity (Wildman–Crippen MR) is 81.8 cm³/mol. The van der Waals surface area contributed by atoms with Gasteiger partial charge in [-0.1, -0.05) is 30.4 Å². The Hall–Kier alpha value is -1.96. The molecule has 0 radical (unpaired) electrons. The third kappa shape index (κ3) is 4.50. The van der Waals surface area contributed by atoms with Gasteiger partial charge in [-0.05, 0) is 42.5 Å². The molecule has 1 aromatic carbocycles. The number of anilines is 1. The minimum Gasteiger partial charge on any atom is -0.394 e. The fourth-order valence-corrected chi connectivity index (χ4v) is 1.50. The molecule has 2 nitrogen and oxygen atoms in total. The smallest absolute Gasteiger partial charge is 0.0361 e. The van der Waals surface area contributed by atoms with Crippen LogP contribution in [0, 0.1) is 0 Å². The van der Waals surface area contributed by atoms with Gasteiger partial charge in [0.1, 0.15) is 0 Å². The van der Waals surface area contributed by atoms with Gasteiger partial charge in [-0.15, -0.1) is 0 Å². The van der Waals surface area contributed by atoms with Crippen molar-refractivity contribution in [2.45, 2.75) is 6.92 Å². The van der Waals surface area contributed by atoms with Crippen LogP contribution in [0.3, 0.4) is 0 Å². The number of allylic oxidation sites excluding steroid dienone is 4. The first-order valence-electron chi connectivity index (χ1n) is 6.13. The molecule has 1 rings (SSSR count). The molecule has 0 unspecified atom stereocenters. The Morgan fingerprint density at radius 1 is 1.11 bits per heavy atom. The molecule has 0 spiro atoms. The van der Waals surface area contributed by atoms with Crippen molar-refractivity contribution in [3.8, 4) is 0 Å². The Balaban J connectivity index is 2.74. The van der Waals surface area contributed by atoms with Crippen LogP contribution in [0.4, 0.5) is 5.69 Å². The summed E-state index contributed by atoms with van der Waals surface area (Å²) in [5, 5.41) is 2.99. The molecule has 0 saturated carbocycles. The first kappa shape index (κ1) is 14.1. The Bertz CT molecular complexity index is 437. The van der Waals surface area contributed by atoms with Gasteiger partial charge in [0.2, 0.25) is 0 Å². The maximum absolute atomic E-state index is 2.99. The topological polar surface area (TPSA) is 15.3 Å². The predicted octanol–water partition coefficient (Wildman–Crippen LogP) is 3.45. The lowest BCUT2D eigenvalue weighted by atomic mass is 10.1. The molecule has 2 heteroatoms. The first-order valence-corrected chi connectivity index (χ1v) is 6.13. The molecule has 96 valence electrons. The van der Waals surface area contributed by atoms with Crippen molar-refractivity contribution in [1.82, 2.24) is 5.32 Å². The van der Waals surface area contributed by atoms with Crippen molar-refractivity contribution in [3.05, 3.63) is 59.8 Å². The molecule has 0 amide bonds. The molecule has 0 aliphatic heterocycles. The number of rotatable bonds is 5.